The molecule has 2 aliphatic rings. The number of benzene rings is 1. The first-order valence-electron chi connectivity index (χ1n) is 8.40. The lowest BCUT2D eigenvalue weighted by atomic mass is 9.69. The number of guanidine groups is 1. The summed E-state index contributed by atoms with van der Waals surface area (Å²) in [5, 5.41) is 0.797. The van der Waals surface area contributed by atoms with E-state index in [4.69, 9.17) is 22.3 Å². The molecule has 3 rings (SSSR count). The number of nitrogens with two attached hydrogens (primary N) is 1. The number of hydrogen-bond donors (Lipinski definition) is 1. The van der Waals surface area contributed by atoms with E-state index >= 15 is 0 Å². The Kier molecular flexibility index (Phi) is 6.60. The largest absolute Gasteiger partial charge is 0.370 e. The van der Waals surface area contributed by atoms with Crippen LogP contribution in [0.1, 0.15) is 50.5 Å². The van der Waals surface area contributed by atoms with Crippen molar-refractivity contribution in [2.45, 2.75) is 56.4 Å². The Balaban J connectivity index is 0.00000192. The van der Waals surface area contributed by atoms with E-state index in [2.05, 4.69) is 24.1 Å². The second-order valence-corrected chi connectivity index (χ2v) is 7.30. The van der Waals surface area contributed by atoms with Crippen LogP contribution < -0.4 is 5.73 Å². The van der Waals surface area contributed by atoms with Gasteiger partial charge in [0, 0.05) is 23.5 Å². The van der Waals surface area contributed by atoms with Crippen LogP contribution in [0.5, 0.6) is 0 Å². The monoisotopic (exact) mass is 447 g/mol. The highest BCUT2D eigenvalue weighted by Crippen LogP contribution is 2.40. The molecular formula is C18H27ClIN3. The number of rotatable bonds is 4. The first-order valence-corrected chi connectivity index (χ1v) is 8.77. The molecule has 23 heavy (non-hydrogen) atoms. The second-order valence-electron chi connectivity index (χ2n) is 6.86. The van der Waals surface area contributed by atoms with E-state index < -0.39 is 0 Å². The number of hydrogen-bond acceptors (Lipinski definition) is 1. The molecule has 1 aromatic rings. The van der Waals surface area contributed by atoms with Crippen LogP contribution in [0.25, 0.3) is 0 Å². The van der Waals surface area contributed by atoms with Crippen molar-refractivity contribution in [1.82, 2.24) is 4.90 Å². The average Bonchev–Trinajstić information content (AvgIpc) is 3.38. The molecule has 0 amide bonds. The molecule has 0 spiro atoms. The Morgan fingerprint density at radius 1 is 1.22 bits per heavy atom. The van der Waals surface area contributed by atoms with Gasteiger partial charge in [0.1, 0.15) is 0 Å². The fourth-order valence-corrected chi connectivity index (χ4v) is 3.69. The number of aliphatic imine (C=N–C) groups is 1. The van der Waals surface area contributed by atoms with Crippen molar-refractivity contribution in [2.24, 2.45) is 10.7 Å². The Hall–Kier alpha value is -0.490. The van der Waals surface area contributed by atoms with Crippen molar-refractivity contribution in [3.8, 4) is 0 Å². The zero-order chi connectivity index (χ0) is 15.6. The van der Waals surface area contributed by atoms with Crippen molar-refractivity contribution in [3.63, 3.8) is 0 Å². The maximum absolute atomic E-state index is 6.19. The van der Waals surface area contributed by atoms with Crippen LogP contribution in [0.2, 0.25) is 5.02 Å². The van der Waals surface area contributed by atoms with Gasteiger partial charge >= 0.3 is 0 Å². The lowest BCUT2D eigenvalue weighted by Gasteiger charge is -2.37. The van der Waals surface area contributed by atoms with E-state index in [1.807, 2.05) is 12.1 Å². The summed E-state index contributed by atoms with van der Waals surface area (Å²) < 4.78 is 0. The van der Waals surface area contributed by atoms with Gasteiger partial charge in [0.25, 0.3) is 0 Å². The van der Waals surface area contributed by atoms with Gasteiger partial charge in [-0.2, -0.15) is 0 Å². The molecule has 0 aromatic heterocycles. The fourth-order valence-electron chi connectivity index (χ4n) is 3.56. The summed E-state index contributed by atoms with van der Waals surface area (Å²) in [5.74, 6) is 0.696. The van der Waals surface area contributed by atoms with E-state index in [0.717, 1.165) is 11.6 Å². The Morgan fingerprint density at radius 3 is 2.39 bits per heavy atom. The molecule has 0 heterocycles. The van der Waals surface area contributed by atoms with Crippen LogP contribution in [-0.4, -0.2) is 30.5 Å². The third kappa shape index (κ3) is 4.53. The molecule has 2 saturated carbocycles. The predicted octanol–water partition coefficient (Wildman–Crippen LogP) is 4.57. The Morgan fingerprint density at radius 2 is 1.83 bits per heavy atom. The fraction of sp³-hybridized carbons (Fsp3) is 0.611. The SMILES string of the molecule is CN(C(N)=NCC1(c2ccc(Cl)cc2)CCCCC1)C1CC1.I. The summed E-state index contributed by atoms with van der Waals surface area (Å²) >= 11 is 6.05. The van der Waals surface area contributed by atoms with E-state index in [9.17, 15) is 0 Å². The smallest absolute Gasteiger partial charge is 0.191 e. The zero-order valence-electron chi connectivity index (χ0n) is 13.8. The standard InChI is InChI=1S/C18H26ClN3.HI/c1-22(16-9-10-16)17(20)21-13-18(11-3-2-4-12-18)14-5-7-15(19)8-6-14;/h5-8,16H,2-4,9-13H2,1H3,(H2,20,21);1H. The summed E-state index contributed by atoms with van der Waals surface area (Å²) in [7, 11) is 2.06. The number of nitrogens with zero attached hydrogens (tertiary/aromatic N) is 2. The van der Waals surface area contributed by atoms with Crippen LogP contribution >= 0.6 is 35.6 Å². The minimum atomic E-state index is 0. The van der Waals surface area contributed by atoms with Crippen molar-refractivity contribution in [1.29, 1.82) is 0 Å². The first kappa shape index (κ1) is 18.8. The van der Waals surface area contributed by atoms with Crippen molar-refractivity contribution >= 4 is 41.5 Å². The van der Waals surface area contributed by atoms with Gasteiger partial charge in [-0.1, -0.05) is 43.0 Å². The van der Waals surface area contributed by atoms with Crippen molar-refractivity contribution in [2.75, 3.05) is 13.6 Å². The molecule has 0 radical (unpaired) electrons. The van der Waals surface area contributed by atoms with Gasteiger partial charge in [-0.3, -0.25) is 4.99 Å². The van der Waals surface area contributed by atoms with Gasteiger partial charge in [0.15, 0.2) is 5.96 Å². The molecule has 2 aliphatic carbocycles. The van der Waals surface area contributed by atoms with Crippen LogP contribution in [0.15, 0.2) is 29.3 Å². The minimum Gasteiger partial charge on any atom is -0.370 e. The molecule has 5 heteroatoms. The normalized spacial score (nSPS) is 20.7. The molecule has 128 valence electrons. The Labute approximate surface area is 161 Å². The number of halogens is 2. The van der Waals surface area contributed by atoms with Gasteiger partial charge in [0.2, 0.25) is 0 Å². The lowest BCUT2D eigenvalue weighted by Crippen LogP contribution is -2.38. The van der Waals surface area contributed by atoms with Crippen LogP contribution in [0.4, 0.5) is 0 Å². The van der Waals surface area contributed by atoms with Crippen LogP contribution in [0.3, 0.4) is 0 Å². The summed E-state index contributed by atoms with van der Waals surface area (Å²) in [5.41, 5.74) is 7.69. The van der Waals surface area contributed by atoms with Gasteiger partial charge < -0.3 is 10.6 Å². The molecule has 0 unspecified atom stereocenters. The van der Waals surface area contributed by atoms with Crippen LogP contribution in [0, 0.1) is 0 Å². The van der Waals surface area contributed by atoms with E-state index in [0.29, 0.717) is 12.0 Å². The topological polar surface area (TPSA) is 41.6 Å². The maximum atomic E-state index is 6.19. The molecule has 3 nitrogen and oxygen atoms in total. The van der Waals surface area contributed by atoms with E-state index in [1.165, 1.54) is 50.5 Å². The second kappa shape index (κ2) is 8.06. The van der Waals surface area contributed by atoms with Crippen LogP contribution in [-0.2, 0) is 5.41 Å². The third-order valence-corrected chi connectivity index (χ3v) is 5.52. The van der Waals surface area contributed by atoms with Gasteiger partial charge in [0.05, 0.1) is 6.54 Å². The highest BCUT2D eigenvalue weighted by Gasteiger charge is 2.34. The Bertz CT molecular complexity index is 534. The van der Waals surface area contributed by atoms with Gasteiger partial charge in [-0.15, -0.1) is 24.0 Å². The molecule has 0 saturated heterocycles. The molecule has 0 aliphatic heterocycles. The summed E-state index contributed by atoms with van der Waals surface area (Å²) in [4.78, 5) is 6.90. The molecule has 0 atom stereocenters. The molecule has 1 aromatic carbocycles. The molecule has 2 fully saturated rings. The summed E-state index contributed by atoms with van der Waals surface area (Å²) in [6.45, 7) is 0.789. The third-order valence-electron chi connectivity index (χ3n) is 5.27. The molecular weight excluding hydrogens is 421 g/mol. The zero-order valence-corrected chi connectivity index (χ0v) is 16.9. The highest BCUT2D eigenvalue weighted by molar-refractivity contribution is 14.0. The van der Waals surface area contributed by atoms with E-state index in [-0.39, 0.29) is 29.4 Å². The summed E-state index contributed by atoms with van der Waals surface area (Å²) in [6.07, 6.45) is 8.75. The maximum Gasteiger partial charge on any atom is 0.191 e. The molecule has 2 N–H and O–H groups in total. The van der Waals surface area contributed by atoms with Crippen molar-refractivity contribution in [3.05, 3.63) is 34.9 Å². The highest BCUT2D eigenvalue weighted by atomic mass is 127. The van der Waals surface area contributed by atoms with Crippen molar-refractivity contribution < 1.29 is 0 Å². The van der Waals surface area contributed by atoms with Gasteiger partial charge in [-0.25, -0.2) is 0 Å². The lowest BCUT2D eigenvalue weighted by molar-refractivity contribution is 0.300. The minimum absolute atomic E-state index is 0. The predicted molar refractivity (Wildman–Crippen MR) is 109 cm³/mol. The first-order chi connectivity index (χ1) is 10.6. The average molecular weight is 448 g/mol. The van der Waals surface area contributed by atoms with Gasteiger partial charge in [-0.05, 0) is 43.4 Å². The summed E-state index contributed by atoms with van der Waals surface area (Å²) in [6, 6.07) is 8.95. The quantitative estimate of drug-likeness (QED) is 0.417. The molecule has 0 bridgehead atoms. The van der Waals surface area contributed by atoms with E-state index in [1.54, 1.807) is 0 Å².